The molecule has 1 N–H and O–H groups in total. The van der Waals surface area contributed by atoms with Crippen LogP contribution in [0.5, 0.6) is 11.5 Å². The van der Waals surface area contributed by atoms with Crippen LogP contribution in [0, 0.1) is 6.92 Å². The van der Waals surface area contributed by atoms with Crippen LogP contribution < -0.4 is 14.8 Å². The van der Waals surface area contributed by atoms with E-state index in [0.29, 0.717) is 40.9 Å². The minimum Gasteiger partial charge on any atom is -0.454 e. The quantitative estimate of drug-likeness (QED) is 0.681. The number of aromatic nitrogens is 1. The number of benzene rings is 2. The van der Waals surface area contributed by atoms with Gasteiger partial charge in [-0.25, -0.2) is 4.98 Å². The molecule has 0 radical (unpaired) electrons. The number of amides is 1. The highest BCUT2D eigenvalue weighted by Crippen LogP contribution is 2.32. The van der Waals surface area contributed by atoms with Gasteiger partial charge in [0.05, 0.1) is 22.7 Å². The lowest BCUT2D eigenvalue weighted by Gasteiger charge is -2.05. The third-order valence-electron chi connectivity index (χ3n) is 4.50. The third kappa shape index (κ3) is 3.97. The molecule has 0 atom stereocenters. The molecule has 0 fully saturated rings. The van der Waals surface area contributed by atoms with Crippen molar-refractivity contribution in [2.75, 3.05) is 13.3 Å². The monoisotopic (exact) mass is 398 g/mol. The molecule has 0 saturated carbocycles. The van der Waals surface area contributed by atoms with Crippen molar-refractivity contribution >= 4 is 17.5 Å². The molecule has 0 unspecified atom stereocenters. The van der Waals surface area contributed by atoms with Gasteiger partial charge in [-0.1, -0.05) is 29.8 Å². The maximum absolute atomic E-state index is 12.3. The predicted molar refractivity (Wildman–Crippen MR) is 105 cm³/mol. The topological polar surface area (TPSA) is 73.6 Å². The van der Waals surface area contributed by atoms with E-state index in [2.05, 4.69) is 10.3 Å². The maximum atomic E-state index is 12.3. The summed E-state index contributed by atoms with van der Waals surface area (Å²) in [5.41, 5.74) is 2.39. The Balaban J connectivity index is 1.33. The number of rotatable bonds is 6. The molecule has 6 nitrogen and oxygen atoms in total. The van der Waals surface area contributed by atoms with Crippen LogP contribution in [0.25, 0.3) is 11.5 Å². The molecule has 3 aromatic rings. The van der Waals surface area contributed by atoms with E-state index in [0.717, 1.165) is 17.1 Å². The van der Waals surface area contributed by atoms with E-state index >= 15 is 0 Å². The summed E-state index contributed by atoms with van der Waals surface area (Å²) in [4.78, 5) is 16.7. The fourth-order valence-electron chi connectivity index (χ4n) is 3.00. The number of nitrogens with zero attached hydrogens (tertiary/aromatic N) is 1. The number of oxazole rings is 1. The number of halogens is 1. The average molecular weight is 399 g/mol. The van der Waals surface area contributed by atoms with Gasteiger partial charge >= 0.3 is 0 Å². The van der Waals surface area contributed by atoms with Gasteiger partial charge in [-0.05, 0) is 43.2 Å². The standard InChI is InChI=1S/C21H19ClN2O4/c1-13-17(24-21(28-13)15-4-2-3-5-16(15)22)11-20(25)23-9-8-14-6-7-18-19(10-14)27-12-26-18/h2-7,10H,8-9,11-12H2,1H3,(H,23,25). The molecular formula is C21H19ClN2O4. The second kappa shape index (κ2) is 7.94. The Morgan fingerprint density at radius 1 is 1.18 bits per heavy atom. The molecule has 2 aromatic carbocycles. The number of carbonyl (C=O) groups is 1. The van der Waals surface area contributed by atoms with Gasteiger partial charge in [0, 0.05) is 6.54 Å². The van der Waals surface area contributed by atoms with Crippen LogP contribution in [0.1, 0.15) is 17.0 Å². The summed E-state index contributed by atoms with van der Waals surface area (Å²) in [5, 5.41) is 3.48. The van der Waals surface area contributed by atoms with E-state index in [1.807, 2.05) is 36.4 Å². The van der Waals surface area contributed by atoms with E-state index in [1.54, 1.807) is 13.0 Å². The highest BCUT2D eigenvalue weighted by molar-refractivity contribution is 6.33. The molecule has 0 spiro atoms. The Morgan fingerprint density at radius 2 is 2.00 bits per heavy atom. The smallest absolute Gasteiger partial charge is 0.231 e. The van der Waals surface area contributed by atoms with Gasteiger partial charge in [0.2, 0.25) is 18.6 Å². The SMILES string of the molecule is Cc1oc(-c2ccccc2Cl)nc1CC(=O)NCCc1ccc2c(c1)OCO2. The van der Waals surface area contributed by atoms with Gasteiger partial charge in [0.25, 0.3) is 0 Å². The van der Waals surface area contributed by atoms with Crippen molar-refractivity contribution in [2.24, 2.45) is 0 Å². The molecule has 0 bridgehead atoms. The van der Waals surface area contributed by atoms with Crippen molar-refractivity contribution in [1.29, 1.82) is 0 Å². The fourth-order valence-corrected chi connectivity index (χ4v) is 3.22. The molecule has 144 valence electrons. The lowest BCUT2D eigenvalue weighted by atomic mass is 10.1. The van der Waals surface area contributed by atoms with Crippen molar-refractivity contribution in [1.82, 2.24) is 10.3 Å². The molecule has 2 heterocycles. The Labute approximate surface area is 167 Å². The lowest BCUT2D eigenvalue weighted by Crippen LogP contribution is -2.27. The zero-order chi connectivity index (χ0) is 19.5. The maximum Gasteiger partial charge on any atom is 0.231 e. The largest absolute Gasteiger partial charge is 0.454 e. The van der Waals surface area contributed by atoms with E-state index in [-0.39, 0.29) is 19.1 Å². The Kier molecular flexibility index (Phi) is 5.21. The Hall–Kier alpha value is -2.99. The second-order valence-corrected chi connectivity index (χ2v) is 6.87. The molecular weight excluding hydrogens is 380 g/mol. The molecule has 7 heteroatoms. The number of hydrogen-bond donors (Lipinski definition) is 1. The Morgan fingerprint density at radius 3 is 2.86 bits per heavy atom. The fraction of sp³-hybridized carbons (Fsp3) is 0.238. The van der Waals surface area contributed by atoms with Gasteiger partial charge in [-0.15, -0.1) is 0 Å². The molecule has 0 saturated heterocycles. The summed E-state index contributed by atoms with van der Waals surface area (Å²) in [6.45, 7) is 2.57. The van der Waals surface area contributed by atoms with Crippen LogP contribution >= 0.6 is 11.6 Å². The minimum atomic E-state index is -0.108. The summed E-state index contributed by atoms with van der Waals surface area (Å²) in [5.74, 6) is 2.42. The van der Waals surface area contributed by atoms with Crippen LogP contribution in [0.4, 0.5) is 0 Å². The highest BCUT2D eigenvalue weighted by Gasteiger charge is 2.16. The molecule has 28 heavy (non-hydrogen) atoms. The third-order valence-corrected chi connectivity index (χ3v) is 4.83. The van der Waals surface area contributed by atoms with E-state index in [1.165, 1.54) is 0 Å². The number of ether oxygens (including phenoxy) is 2. The lowest BCUT2D eigenvalue weighted by molar-refractivity contribution is -0.120. The molecule has 1 amide bonds. The van der Waals surface area contributed by atoms with Gasteiger partial charge in [-0.3, -0.25) is 4.79 Å². The summed E-state index contributed by atoms with van der Waals surface area (Å²) in [7, 11) is 0. The molecule has 1 aromatic heterocycles. The first-order valence-electron chi connectivity index (χ1n) is 8.96. The van der Waals surface area contributed by atoms with Gasteiger partial charge in [0.15, 0.2) is 11.5 Å². The molecule has 4 rings (SSSR count). The normalized spacial score (nSPS) is 12.2. The highest BCUT2D eigenvalue weighted by atomic mass is 35.5. The van der Waals surface area contributed by atoms with Crippen LogP contribution in [0.2, 0.25) is 5.02 Å². The van der Waals surface area contributed by atoms with Gasteiger partial charge in [-0.2, -0.15) is 0 Å². The number of carbonyl (C=O) groups excluding carboxylic acids is 1. The van der Waals surface area contributed by atoms with E-state index in [4.69, 9.17) is 25.5 Å². The number of hydrogen-bond acceptors (Lipinski definition) is 5. The van der Waals surface area contributed by atoms with Crippen molar-refractivity contribution in [3.05, 3.63) is 64.5 Å². The van der Waals surface area contributed by atoms with Crippen LogP contribution in [-0.4, -0.2) is 24.2 Å². The summed E-state index contributed by atoms with van der Waals surface area (Å²) in [6, 6.07) is 13.1. The predicted octanol–water partition coefficient (Wildman–Crippen LogP) is 3.93. The summed E-state index contributed by atoms with van der Waals surface area (Å²) < 4.78 is 16.4. The van der Waals surface area contributed by atoms with Crippen molar-refractivity contribution < 1.29 is 18.7 Å². The van der Waals surface area contributed by atoms with Gasteiger partial charge < -0.3 is 19.2 Å². The van der Waals surface area contributed by atoms with Crippen molar-refractivity contribution in [3.63, 3.8) is 0 Å². The Bertz CT molecular complexity index is 1020. The first-order valence-corrected chi connectivity index (χ1v) is 9.34. The average Bonchev–Trinajstić information content (AvgIpc) is 3.28. The first kappa shape index (κ1) is 18.4. The van der Waals surface area contributed by atoms with Crippen molar-refractivity contribution in [2.45, 2.75) is 19.8 Å². The van der Waals surface area contributed by atoms with Crippen LogP contribution in [0.3, 0.4) is 0 Å². The van der Waals surface area contributed by atoms with Crippen LogP contribution in [-0.2, 0) is 17.6 Å². The zero-order valence-electron chi connectivity index (χ0n) is 15.3. The van der Waals surface area contributed by atoms with E-state index < -0.39 is 0 Å². The molecule has 0 aliphatic carbocycles. The zero-order valence-corrected chi connectivity index (χ0v) is 16.1. The summed E-state index contributed by atoms with van der Waals surface area (Å²) in [6.07, 6.45) is 0.853. The minimum absolute atomic E-state index is 0.108. The first-order chi connectivity index (χ1) is 13.6. The number of nitrogens with one attached hydrogen (secondary N) is 1. The summed E-state index contributed by atoms with van der Waals surface area (Å²) >= 11 is 6.19. The molecule has 1 aliphatic heterocycles. The van der Waals surface area contributed by atoms with Gasteiger partial charge in [0.1, 0.15) is 5.76 Å². The second-order valence-electron chi connectivity index (χ2n) is 6.47. The van der Waals surface area contributed by atoms with Crippen LogP contribution in [0.15, 0.2) is 46.9 Å². The van der Waals surface area contributed by atoms with Crippen molar-refractivity contribution in [3.8, 4) is 23.0 Å². The number of aryl methyl sites for hydroxylation is 1. The number of fused-ring (bicyclic) bond motifs is 1. The molecule has 1 aliphatic rings. The van der Waals surface area contributed by atoms with E-state index in [9.17, 15) is 4.79 Å².